The summed E-state index contributed by atoms with van der Waals surface area (Å²) in [5.41, 5.74) is 7.00. The van der Waals surface area contributed by atoms with Gasteiger partial charge in [0.05, 0.1) is 15.4 Å². The summed E-state index contributed by atoms with van der Waals surface area (Å²) in [4.78, 5) is 9.24. The zero-order valence-corrected chi connectivity index (χ0v) is 13.6. The molecule has 1 fully saturated rings. The minimum atomic E-state index is -0.0238. The third-order valence-electron chi connectivity index (χ3n) is 3.07. The number of hydrogen-bond donors (Lipinski definition) is 1. The lowest BCUT2D eigenvalue weighted by Gasteiger charge is -2.24. The van der Waals surface area contributed by atoms with Crippen LogP contribution in [0.2, 0.25) is 0 Å². The second-order valence-corrected chi connectivity index (χ2v) is 7.84. The highest BCUT2D eigenvalue weighted by atomic mass is 79.9. The molecule has 2 heterocycles. The molecule has 1 aliphatic heterocycles. The third kappa shape index (κ3) is 2.99. The highest BCUT2D eigenvalue weighted by Crippen LogP contribution is 2.39. The van der Waals surface area contributed by atoms with Crippen LogP contribution in [0.4, 0.5) is 5.82 Å². The van der Waals surface area contributed by atoms with Crippen LogP contribution in [0, 0.1) is 0 Å². The van der Waals surface area contributed by atoms with Crippen molar-refractivity contribution in [3.05, 3.63) is 16.0 Å². The van der Waals surface area contributed by atoms with E-state index in [1.54, 1.807) is 0 Å². The molecule has 18 heavy (non-hydrogen) atoms. The molecule has 0 radical (unpaired) electrons. The van der Waals surface area contributed by atoms with Gasteiger partial charge in [-0.3, -0.25) is 0 Å². The molecule has 1 aromatic rings. The van der Waals surface area contributed by atoms with E-state index in [0.29, 0.717) is 11.1 Å². The maximum atomic E-state index is 6.02. The molecule has 2 N–H and O–H groups in total. The normalized spacial score (nSPS) is 21.0. The van der Waals surface area contributed by atoms with Crippen LogP contribution in [0.25, 0.3) is 0 Å². The van der Waals surface area contributed by atoms with E-state index in [9.17, 15) is 0 Å². The van der Waals surface area contributed by atoms with Crippen molar-refractivity contribution in [1.29, 1.82) is 0 Å². The lowest BCUT2D eigenvalue weighted by molar-refractivity contribution is 0.554. The van der Waals surface area contributed by atoms with Gasteiger partial charge in [-0.05, 0) is 34.5 Å². The molecule has 3 nitrogen and oxygen atoms in total. The van der Waals surface area contributed by atoms with E-state index >= 15 is 0 Å². The van der Waals surface area contributed by atoms with E-state index in [4.69, 9.17) is 10.7 Å². The number of hydrogen-bond acceptors (Lipinski definition) is 4. The third-order valence-corrected chi connectivity index (χ3v) is 5.23. The van der Waals surface area contributed by atoms with E-state index in [1.807, 2.05) is 11.8 Å². The Hall–Kier alpha value is -0.290. The van der Waals surface area contributed by atoms with Crippen LogP contribution in [0.15, 0.2) is 4.47 Å². The van der Waals surface area contributed by atoms with E-state index in [2.05, 4.69) is 41.7 Å². The Morgan fingerprint density at radius 2 is 2.00 bits per heavy atom. The fourth-order valence-electron chi connectivity index (χ4n) is 2.07. The average molecular weight is 330 g/mol. The first-order valence-corrected chi connectivity index (χ1v) is 8.19. The molecule has 0 bridgehead atoms. The predicted molar refractivity (Wildman–Crippen MR) is 81.9 cm³/mol. The molecule has 5 heteroatoms. The SMILES string of the molecule is CC(C)(C)c1nc(C2CCCCS2)nc(N)c1Br. The Kier molecular flexibility index (Phi) is 4.22. The van der Waals surface area contributed by atoms with Crippen LogP contribution in [0.1, 0.15) is 56.8 Å². The lowest BCUT2D eigenvalue weighted by atomic mass is 9.92. The van der Waals surface area contributed by atoms with Crippen molar-refractivity contribution in [1.82, 2.24) is 9.97 Å². The zero-order chi connectivity index (χ0) is 13.3. The molecule has 1 unspecified atom stereocenters. The van der Waals surface area contributed by atoms with Crippen molar-refractivity contribution >= 4 is 33.5 Å². The summed E-state index contributed by atoms with van der Waals surface area (Å²) in [6.07, 6.45) is 3.73. The summed E-state index contributed by atoms with van der Waals surface area (Å²) in [5, 5.41) is 0.412. The molecule has 0 aromatic carbocycles. The minimum absolute atomic E-state index is 0.0238. The van der Waals surface area contributed by atoms with Crippen molar-refractivity contribution in [2.45, 2.75) is 50.7 Å². The van der Waals surface area contributed by atoms with Crippen LogP contribution >= 0.6 is 27.7 Å². The van der Waals surface area contributed by atoms with Crippen molar-refractivity contribution in [2.24, 2.45) is 0 Å². The van der Waals surface area contributed by atoms with Gasteiger partial charge in [0.25, 0.3) is 0 Å². The molecule has 0 saturated carbocycles. The van der Waals surface area contributed by atoms with E-state index < -0.39 is 0 Å². The second kappa shape index (κ2) is 5.37. The summed E-state index contributed by atoms with van der Waals surface area (Å²) < 4.78 is 0.847. The van der Waals surface area contributed by atoms with Gasteiger partial charge in [0.1, 0.15) is 11.6 Å². The fraction of sp³-hybridized carbons (Fsp3) is 0.692. The Labute approximate surface area is 121 Å². The molecule has 0 aliphatic carbocycles. The monoisotopic (exact) mass is 329 g/mol. The Balaban J connectivity index is 2.40. The fourth-order valence-corrected chi connectivity index (χ4v) is 4.08. The highest BCUT2D eigenvalue weighted by molar-refractivity contribution is 9.10. The average Bonchev–Trinajstić information content (AvgIpc) is 2.32. The van der Waals surface area contributed by atoms with Gasteiger partial charge in [-0.2, -0.15) is 11.8 Å². The summed E-state index contributed by atoms with van der Waals surface area (Å²) >= 11 is 5.47. The van der Waals surface area contributed by atoms with Crippen LogP contribution in [-0.2, 0) is 5.41 Å². The lowest BCUT2D eigenvalue weighted by Crippen LogP contribution is -2.19. The first kappa shape index (κ1) is 14.1. The molecule has 0 spiro atoms. The van der Waals surface area contributed by atoms with Gasteiger partial charge in [0, 0.05) is 5.41 Å². The van der Waals surface area contributed by atoms with Crippen molar-refractivity contribution < 1.29 is 0 Å². The van der Waals surface area contributed by atoms with Crippen LogP contribution < -0.4 is 5.73 Å². The number of thioether (sulfide) groups is 1. The van der Waals surface area contributed by atoms with Crippen LogP contribution in [-0.4, -0.2) is 15.7 Å². The van der Waals surface area contributed by atoms with Gasteiger partial charge in [-0.25, -0.2) is 9.97 Å². The highest BCUT2D eigenvalue weighted by Gasteiger charge is 2.26. The van der Waals surface area contributed by atoms with Crippen LogP contribution in [0.3, 0.4) is 0 Å². The number of nitrogens with two attached hydrogens (primary N) is 1. The molecule has 1 aromatic heterocycles. The van der Waals surface area contributed by atoms with E-state index in [0.717, 1.165) is 22.4 Å². The number of rotatable bonds is 1. The number of nitrogen functional groups attached to an aromatic ring is 1. The van der Waals surface area contributed by atoms with Crippen molar-refractivity contribution in [3.8, 4) is 0 Å². The number of nitrogens with zero attached hydrogens (tertiary/aromatic N) is 2. The Morgan fingerprint density at radius 3 is 2.56 bits per heavy atom. The Morgan fingerprint density at radius 1 is 1.28 bits per heavy atom. The van der Waals surface area contributed by atoms with Gasteiger partial charge in [-0.1, -0.05) is 27.2 Å². The molecule has 100 valence electrons. The van der Waals surface area contributed by atoms with Crippen molar-refractivity contribution in [3.63, 3.8) is 0 Å². The second-order valence-electron chi connectivity index (χ2n) is 5.73. The van der Waals surface area contributed by atoms with Gasteiger partial charge >= 0.3 is 0 Å². The molecular weight excluding hydrogens is 310 g/mol. The zero-order valence-electron chi connectivity index (χ0n) is 11.2. The summed E-state index contributed by atoms with van der Waals surface area (Å²) in [6.45, 7) is 6.45. The predicted octanol–water partition coefficient (Wildman–Crippen LogP) is 4.08. The molecule has 0 amide bonds. The molecule has 2 rings (SSSR count). The quantitative estimate of drug-likeness (QED) is 0.843. The maximum absolute atomic E-state index is 6.02. The summed E-state index contributed by atoms with van der Waals surface area (Å²) in [6, 6.07) is 0. The summed E-state index contributed by atoms with van der Waals surface area (Å²) in [7, 11) is 0. The van der Waals surface area contributed by atoms with Gasteiger partial charge in [0.15, 0.2) is 0 Å². The van der Waals surface area contributed by atoms with Gasteiger partial charge in [0.2, 0.25) is 0 Å². The smallest absolute Gasteiger partial charge is 0.144 e. The maximum Gasteiger partial charge on any atom is 0.144 e. The van der Waals surface area contributed by atoms with E-state index in [-0.39, 0.29) is 5.41 Å². The topological polar surface area (TPSA) is 51.8 Å². The molecular formula is C13H20BrN3S. The largest absolute Gasteiger partial charge is 0.383 e. The first-order valence-electron chi connectivity index (χ1n) is 6.34. The minimum Gasteiger partial charge on any atom is -0.383 e. The summed E-state index contributed by atoms with van der Waals surface area (Å²) in [5.74, 6) is 2.68. The molecule has 1 aliphatic rings. The van der Waals surface area contributed by atoms with Gasteiger partial charge in [-0.15, -0.1) is 0 Å². The first-order chi connectivity index (χ1) is 8.39. The Bertz CT molecular complexity index is 437. The van der Waals surface area contributed by atoms with Crippen LogP contribution in [0.5, 0.6) is 0 Å². The number of anilines is 1. The molecule has 1 atom stereocenters. The van der Waals surface area contributed by atoms with E-state index in [1.165, 1.54) is 18.6 Å². The number of halogens is 1. The number of aromatic nitrogens is 2. The van der Waals surface area contributed by atoms with Gasteiger partial charge < -0.3 is 5.73 Å². The molecule has 1 saturated heterocycles. The standard InChI is InChI=1S/C13H20BrN3S/c1-13(2,3)10-9(14)11(15)17-12(16-10)8-6-4-5-7-18-8/h8H,4-7H2,1-3H3,(H2,15,16,17). The van der Waals surface area contributed by atoms with Crippen molar-refractivity contribution in [2.75, 3.05) is 11.5 Å².